The molecule has 1 aromatic heterocycles. The third-order valence-corrected chi connectivity index (χ3v) is 3.41. The molecule has 4 nitrogen and oxygen atoms in total. The molecule has 0 bridgehead atoms. The number of nitrogens with two attached hydrogens (primary N) is 1. The van der Waals surface area contributed by atoms with Crippen molar-refractivity contribution < 1.29 is 0 Å². The van der Waals surface area contributed by atoms with Gasteiger partial charge in [0.2, 0.25) is 0 Å². The quantitative estimate of drug-likeness (QED) is 0.820. The van der Waals surface area contributed by atoms with Gasteiger partial charge in [0, 0.05) is 30.7 Å². The number of nitriles is 1. The molecule has 90 valence electrons. The molecule has 0 aliphatic carbocycles. The van der Waals surface area contributed by atoms with E-state index in [-0.39, 0.29) is 6.04 Å². The predicted molar refractivity (Wildman–Crippen MR) is 71.3 cm³/mol. The van der Waals surface area contributed by atoms with Crippen molar-refractivity contribution in [3.8, 4) is 6.07 Å². The summed E-state index contributed by atoms with van der Waals surface area (Å²) in [7, 11) is 0. The fourth-order valence-corrected chi connectivity index (χ4v) is 2.54. The summed E-state index contributed by atoms with van der Waals surface area (Å²) >= 11 is 0. The van der Waals surface area contributed by atoms with Crippen molar-refractivity contribution in [2.24, 2.45) is 5.73 Å². The fourth-order valence-electron chi connectivity index (χ4n) is 2.54. The molecule has 0 spiro atoms. The number of fused-ring (bicyclic) bond motifs is 1. The smallest absolute Gasteiger partial charge is 0.103 e. The molecule has 4 heteroatoms. The van der Waals surface area contributed by atoms with E-state index in [9.17, 15) is 5.26 Å². The Morgan fingerprint density at radius 3 is 2.94 bits per heavy atom. The minimum Gasteiger partial charge on any atom is -0.368 e. The molecular weight excluding hydrogens is 224 g/mol. The van der Waals surface area contributed by atoms with E-state index in [1.807, 2.05) is 24.3 Å². The Hall–Kier alpha value is -2.12. The highest BCUT2D eigenvalue weighted by Crippen LogP contribution is 2.31. The van der Waals surface area contributed by atoms with Gasteiger partial charge in [0.25, 0.3) is 0 Å². The molecule has 18 heavy (non-hydrogen) atoms. The molecule has 1 aliphatic rings. The van der Waals surface area contributed by atoms with Crippen LogP contribution in [0.3, 0.4) is 0 Å². The van der Waals surface area contributed by atoms with Gasteiger partial charge in [0.05, 0.1) is 16.8 Å². The molecule has 1 aliphatic heterocycles. The van der Waals surface area contributed by atoms with Gasteiger partial charge in [-0.25, -0.2) is 0 Å². The first-order chi connectivity index (χ1) is 8.79. The second-order valence-electron chi connectivity index (χ2n) is 4.64. The van der Waals surface area contributed by atoms with E-state index in [0.717, 1.165) is 36.1 Å². The van der Waals surface area contributed by atoms with E-state index in [2.05, 4.69) is 16.0 Å². The molecule has 1 aromatic carbocycles. The van der Waals surface area contributed by atoms with Crippen molar-refractivity contribution in [1.82, 2.24) is 4.98 Å². The number of hydrogen-bond donors (Lipinski definition) is 1. The summed E-state index contributed by atoms with van der Waals surface area (Å²) in [6.07, 6.45) is 2.63. The Morgan fingerprint density at radius 1 is 1.39 bits per heavy atom. The second kappa shape index (κ2) is 4.28. The van der Waals surface area contributed by atoms with E-state index >= 15 is 0 Å². The number of aromatic nitrogens is 1. The minimum atomic E-state index is 0.198. The van der Waals surface area contributed by atoms with Crippen LogP contribution in [0.1, 0.15) is 12.0 Å². The maximum atomic E-state index is 9.26. The van der Waals surface area contributed by atoms with Crippen molar-refractivity contribution in [1.29, 1.82) is 5.26 Å². The lowest BCUT2D eigenvalue weighted by molar-refractivity contribution is 0.752. The Bertz CT molecular complexity index is 629. The predicted octanol–water partition coefficient (Wildman–Crippen LogP) is 1.64. The summed E-state index contributed by atoms with van der Waals surface area (Å²) in [6, 6.07) is 10.4. The maximum Gasteiger partial charge on any atom is 0.103 e. The SMILES string of the molecule is N#Cc1cnc2ccccc2c1N1CCC(N)C1. The third kappa shape index (κ3) is 1.69. The van der Waals surface area contributed by atoms with Crippen molar-refractivity contribution in [3.63, 3.8) is 0 Å². The Morgan fingerprint density at radius 2 is 2.22 bits per heavy atom. The number of pyridine rings is 1. The molecule has 2 N–H and O–H groups in total. The molecular formula is C14H14N4. The molecule has 1 saturated heterocycles. The van der Waals surface area contributed by atoms with Crippen LogP contribution in [0.15, 0.2) is 30.5 Å². The van der Waals surface area contributed by atoms with E-state index in [0.29, 0.717) is 5.56 Å². The molecule has 3 rings (SSSR count). The summed E-state index contributed by atoms with van der Waals surface area (Å²) in [4.78, 5) is 6.52. The van der Waals surface area contributed by atoms with Gasteiger partial charge in [-0.1, -0.05) is 18.2 Å². The topological polar surface area (TPSA) is 65.9 Å². The Kier molecular flexibility index (Phi) is 2.62. The van der Waals surface area contributed by atoms with Crippen LogP contribution in [0.4, 0.5) is 5.69 Å². The maximum absolute atomic E-state index is 9.26. The van der Waals surface area contributed by atoms with E-state index in [4.69, 9.17) is 5.73 Å². The van der Waals surface area contributed by atoms with Gasteiger partial charge in [-0.2, -0.15) is 5.26 Å². The lowest BCUT2D eigenvalue weighted by atomic mass is 10.1. The van der Waals surface area contributed by atoms with Crippen molar-refractivity contribution in [2.45, 2.75) is 12.5 Å². The van der Waals surface area contributed by atoms with Crippen molar-refractivity contribution in [2.75, 3.05) is 18.0 Å². The summed E-state index contributed by atoms with van der Waals surface area (Å²) in [5, 5.41) is 10.3. The summed E-state index contributed by atoms with van der Waals surface area (Å²) < 4.78 is 0. The zero-order valence-corrected chi connectivity index (χ0v) is 10.0. The molecule has 2 aromatic rings. The lowest BCUT2D eigenvalue weighted by Gasteiger charge is -2.21. The normalized spacial score (nSPS) is 19.1. The van der Waals surface area contributed by atoms with Crippen LogP contribution in [-0.4, -0.2) is 24.1 Å². The largest absolute Gasteiger partial charge is 0.368 e. The highest BCUT2D eigenvalue weighted by molar-refractivity contribution is 5.94. The van der Waals surface area contributed by atoms with Gasteiger partial charge >= 0.3 is 0 Å². The van der Waals surface area contributed by atoms with Gasteiger partial charge in [0.15, 0.2) is 0 Å². The van der Waals surface area contributed by atoms with Crippen LogP contribution in [0, 0.1) is 11.3 Å². The van der Waals surface area contributed by atoms with Gasteiger partial charge in [-0.15, -0.1) is 0 Å². The van der Waals surface area contributed by atoms with Crippen molar-refractivity contribution >= 4 is 16.6 Å². The zero-order chi connectivity index (χ0) is 12.5. The van der Waals surface area contributed by atoms with Crippen LogP contribution in [-0.2, 0) is 0 Å². The zero-order valence-electron chi connectivity index (χ0n) is 10.0. The number of benzene rings is 1. The molecule has 1 fully saturated rings. The van der Waals surface area contributed by atoms with E-state index in [1.54, 1.807) is 6.20 Å². The monoisotopic (exact) mass is 238 g/mol. The molecule has 0 radical (unpaired) electrons. The summed E-state index contributed by atoms with van der Waals surface area (Å²) in [5.41, 5.74) is 8.49. The van der Waals surface area contributed by atoms with E-state index in [1.165, 1.54) is 0 Å². The van der Waals surface area contributed by atoms with Crippen LogP contribution in [0.5, 0.6) is 0 Å². The Labute approximate surface area is 106 Å². The third-order valence-electron chi connectivity index (χ3n) is 3.41. The van der Waals surface area contributed by atoms with Gasteiger partial charge in [0.1, 0.15) is 6.07 Å². The second-order valence-corrected chi connectivity index (χ2v) is 4.64. The van der Waals surface area contributed by atoms with Crippen LogP contribution in [0.2, 0.25) is 0 Å². The molecule has 1 unspecified atom stereocenters. The van der Waals surface area contributed by atoms with Gasteiger partial charge in [-0.3, -0.25) is 4.98 Å². The van der Waals surface area contributed by atoms with Gasteiger partial charge in [-0.05, 0) is 12.5 Å². The van der Waals surface area contributed by atoms with Gasteiger partial charge < -0.3 is 10.6 Å². The molecule has 2 heterocycles. The first-order valence-electron chi connectivity index (χ1n) is 6.08. The number of nitrogens with zero attached hydrogens (tertiary/aromatic N) is 3. The Balaban J connectivity index is 2.21. The number of para-hydroxylation sites is 1. The summed E-state index contributed by atoms with van der Waals surface area (Å²) in [6.45, 7) is 1.71. The lowest BCUT2D eigenvalue weighted by Crippen LogP contribution is -2.27. The first kappa shape index (κ1) is 11.0. The average Bonchev–Trinajstić information content (AvgIpc) is 2.83. The fraction of sp³-hybridized carbons (Fsp3) is 0.286. The molecule has 0 amide bonds. The van der Waals surface area contributed by atoms with E-state index < -0.39 is 0 Å². The van der Waals surface area contributed by atoms with Crippen LogP contribution >= 0.6 is 0 Å². The number of hydrogen-bond acceptors (Lipinski definition) is 4. The van der Waals surface area contributed by atoms with Crippen LogP contribution < -0.4 is 10.6 Å². The molecule has 0 saturated carbocycles. The minimum absolute atomic E-state index is 0.198. The number of rotatable bonds is 1. The number of anilines is 1. The first-order valence-corrected chi connectivity index (χ1v) is 6.08. The van der Waals surface area contributed by atoms with Crippen molar-refractivity contribution in [3.05, 3.63) is 36.0 Å². The highest BCUT2D eigenvalue weighted by Gasteiger charge is 2.23. The molecule has 1 atom stereocenters. The van der Waals surface area contributed by atoms with Crippen LogP contribution in [0.25, 0.3) is 10.9 Å². The highest BCUT2D eigenvalue weighted by atomic mass is 15.2. The summed E-state index contributed by atoms with van der Waals surface area (Å²) in [5.74, 6) is 0. The standard InChI is InChI=1S/C14H14N4/c15-7-10-8-17-13-4-2-1-3-12(13)14(10)18-6-5-11(16)9-18/h1-4,8,11H,5-6,9,16H2. The average molecular weight is 238 g/mol.